The molecule has 2 nitrogen and oxygen atoms in total. The van der Waals surface area contributed by atoms with Crippen LogP contribution in [0, 0.1) is 0 Å². The van der Waals surface area contributed by atoms with Gasteiger partial charge in [-0.3, -0.25) is 0 Å². The SMILES string of the molecule is CC1=NC(C)(C=S)SC=N1. The lowest BCUT2D eigenvalue weighted by atomic mass is 10.4. The molecule has 10 heavy (non-hydrogen) atoms. The quantitative estimate of drug-likeness (QED) is 0.564. The molecule has 0 fully saturated rings. The first kappa shape index (κ1) is 7.88. The molecular formula is C6H8N2S2. The Labute approximate surface area is 69.8 Å². The van der Waals surface area contributed by atoms with Crippen molar-refractivity contribution in [2.45, 2.75) is 18.7 Å². The summed E-state index contributed by atoms with van der Waals surface area (Å²) in [5, 5.41) is 1.66. The Morgan fingerprint density at radius 1 is 1.80 bits per heavy atom. The molecule has 1 atom stereocenters. The van der Waals surface area contributed by atoms with Crippen LogP contribution in [0.2, 0.25) is 0 Å². The molecule has 0 aromatic rings. The van der Waals surface area contributed by atoms with Crippen LogP contribution in [0.3, 0.4) is 0 Å². The molecule has 0 spiro atoms. The van der Waals surface area contributed by atoms with Gasteiger partial charge in [0.25, 0.3) is 0 Å². The fraction of sp³-hybridized carbons (Fsp3) is 0.500. The molecule has 0 saturated heterocycles. The van der Waals surface area contributed by atoms with Crippen molar-refractivity contribution in [1.82, 2.24) is 0 Å². The predicted octanol–water partition coefficient (Wildman–Crippen LogP) is 1.90. The Morgan fingerprint density at radius 2 is 2.50 bits per heavy atom. The van der Waals surface area contributed by atoms with Gasteiger partial charge >= 0.3 is 0 Å². The smallest absolute Gasteiger partial charge is 0.139 e. The first-order valence-corrected chi connectivity index (χ1v) is 4.24. The number of aliphatic imine (C=N–C) groups is 2. The summed E-state index contributed by atoms with van der Waals surface area (Å²) in [4.78, 5) is 7.99. The number of amidine groups is 1. The normalized spacial score (nSPS) is 31.6. The van der Waals surface area contributed by atoms with Crippen molar-refractivity contribution >= 4 is 40.7 Å². The van der Waals surface area contributed by atoms with E-state index in [1.54, 1.807) is 10.9 Å². The van der Waals surface area contributed by atoms with Gasteiger partial charge in [-0.1, -0.05) is 24.0 Å². The standard InChI is InChI=1S/C6H8N2S2/c1-5-7-4-10-6(2,3-9)8-5/h3-4H,1-2H3. The second-order valence-electron chi connectivity index (χ2n) is 2.18. The summed E-state index contributed by atoms with van der Waals surface area (Å²) < 4.78 is 0. The highest BCUT2D eigenvalue weighted by atomic mass is 32.2. The van der Waals surface area contributed by atoms with E-state index in [0.717, 1.165) is 5.84 Å². The van der Waals surface area contributed by atoms with E-state index in [0.29, 0.717) is 0 Å². The van der Waals surface area contributed by atoms with Gasteiger partial charge in [0.1, 0.15) is 10.7 Å². The van der Waals surface area contributed by atoms with Crippen LogP contribution in [-0.2, 0) is 0 Å². The molecular weight excluding hydrogens is 164 g/mol. The molecule has 1 unspecified atom stereocenters. The third kappa shape index (κ3) is 1.64. The average Bonchev–Trinajstić information content (AvgIpc) is 1.88. The number of rotatable bonds is 1. The second kappa shape index (κ2) is 2.80. The molecule has 0 aliphatic carbocycles. The highest BCUT2D eigenvalue weighted by molar-refractivity contribution is 8.14. The van der Waals surface area contributed by atoms with Crippen LogP contribution in [0.15, 0.2) is 9.98 Å². The van der Waals surface area contributed by atoms with Gasteiger partial charge in [0.15, 0.2) is 0 Å². The maximum atomic E-state index is 4.82. The largest absolute Gasteiger partial charge is 0.248 e. The van der Waals surface area contributed by atoms with E-state index in [1.807, 2.05) is 13.8 Å². The molecule has 1 aliphatic heterocycles. The molecule has 1 rings (SSSR count). The molecule has 0 aromatic heterocycles. The van der Waals surface area contributed by atoms with Crippen molar-refractivity contribution in [3.63, 3.8) is 0 Å². The molecule has 1 heterocycles. The van der Waals surface area contributed by atoms with Gasteiger partial charge in [0.2, 0.25) is 0 Å². The molecule has 4 heteroatoms. The Hall–Kier alpha value is -0.220. The van der Waals surface area contributed by atoms with Gasteiger partial charge in [0, 0.05) is 5.37 Å². The van der Waals surface area contributed by atoms with E-state index in [2.05, 4.69) is 9.98 Å². The van der Waals surface area contributed by atoms with Crippen molar-refractivity contribution in [2.24, 2.45) is 9.98 Å². The van der Waals surface area contributed by atoms with Gasteiger partial charge in [-0.15, -0.1) is 0 Å². The molecule has 0 bridgehead atoms. The topological polar surface area (TPSA) is 24.7 Å². The number of hydrogen-bond donors (Lipinski definition) is 0. The predicted molar refractivity (Wildman–Crippen MR) is 51.3 cm³/mol. The summed E-state index contributed by atoms with van der Waals surface area (Å²) in [6.07, 6.45) is 0. The van der Waals surface area contributed by atoms with Crippen LogP contribution < -0.4 is 0 Å². The van der Waals surface area contributed by atoms with E-state index in [9.17, 15) is 0 Å². The van der Waals surface area contributed by atoms with Crippen LogP contribution in [0.4, 0.5) is 0 Å². The zero-order valence-electron chi connectivity index (χ0n) is 5.87. The van der Waals surface area contributed by atoms with Crippen LogP contribution in [0.1, 0.15) is 13.8 Å². The average molecular weight is 172 g/mol. The molecule has 0 radical (unpaired) electrons. The zero-order valence-corrected chi connectivity index (χ0v) is 7.50. The van der Waals surface area contributed by atoms with Crippen LogP contribution >= 0.6 is 24.0 Å². The van der Waals surface area contributed by atoms with E-state index in [-0.39, 0.29) is 4.87 Å². The number of thiocarbonyl (C=S) groups is 1. The van der Waals surface area contributed by atoms with Gasteiger partial charge in [0.05, 0.1) is 5.55 Å². The van der Waals surface area contributed by atoms with Crippen LogP contribution in [0.5, 0.6) is 0 Å². The lowest BCUT2D eigenvalue weighted by Crippen LogP contribution is -2.21. The lowest BCUT2D eigenvalue weighted by Gasteiger charge is -2.19. The van der Waals surface area contributed by atoms with Crippen molar-refractivity contribution < 1.29 is 0 Å². The highest BCUT2D eigenvalue weighted by Gasteiger charge is 2.21. The minimum atomic E-state index is -0.263. The minimum absolute atomic E-state index is 0.263. The summed E-state index contributed by atoms with van der Waals surface area (Å²) in [5.74, 6) is 0.794. The summed E-state index contributed by atoms with van der Waals surface area (Å²) in [7, 11) is 0. The number of hydrogen-bond acceptors (Lipinski definition) is 4. The van der Waals surface area contributed by atoms with Gasteiger partial charge in [-0.25, -0.2) is 9.98 Å². The van der Waals surface area contributed by atoms with Crippen molar-refractivity contribution in [2.75, 3.05) is 0 Å². The van der Waals surface area contributed by atoms with Gasteiger partial charge in [-0.2, -0.15) is 0 Å². The lowest BCUT2D eigenvalue weighted by molar-refractivity contribution is 0.926. The Balaban J connectivity index is 2.86. The summed E-state index contributed by atoms with van der Waals surface area (Å²) in [5.41, 5.74) is 1.78. The van der Waals surface area contributed by atoms with Crippen molar-refractivity contribution in [3.8, 4) is 0 Å². The van der Waals surface area contributed by atoms with E-state index in [1.165, 1.54) is 11.8 Å². The second-order valence-corrected chi connectivity index (χ2v) is 3.69. The van der Waals surface area contributed by atoms with Gasteiger partial charge in [-0.05, 0) is 13.8 Å². The Kier molecular flexibility index (Phi) is 2.21. The molecule has 1 aliphatic rings. The summed E-state index contributed by atoms with van der Waals surface area (Å²) in [6, 6.07) is 0. The Bertz CT molecular complexity index is 210. The van der Waals surface area contributed by atoms with Crippen LogP contribution in [-0.4, -0.2) is 21.6 Å². The van der Waals surface area contributed by atoms with Crippen molar-refractivity contribution in [3.05, 3.63) is 0 Å². The summed E-state index contributed by atoms with van der Waals surface area (Å²) in [6.45, 7) is 3.84. The first-order valence-electron chi connectivity index (χ1n) is 2.89. The minimum Gasteiger partial charge on any atom is -0.248 e. The fourth-order valence-corrected chi connectivity index (χ4v) is 1.52. The third-order valence-electron chi connectivity index (χ3n) is 1.13. The summed E-state index contributed by atoms with van der Waals surface area (Å²) >= 11 is 6.35. The molecule has 0 saturated carbocycles. The molecule has 0 N–H and O–H groups in total. The van der Waals surface area contributed by atoms with Crippen molar-refractivity contribution in [1.29, 1.82) is 0 Å². The maximum absolute atomic E-state index is 4.82. The molecule has 0 aromatic carbocycles. The maximum Gasteiger partial charge on any atom is 0.139 e. The zero-order chi connectivity index (χ0) is 7.61. The molecule has 0 amide bonds. The van der Waals surface area contributed by atoms with E-state index in [4.69, 9.17) is 12.2 Å². The fourth-order valence-electron chi connectivity index (χ4n) is 0.640. The Morgan fingerprint density at radius 3 is 2.90 bits per heavy atom. The van der Waals surface area contributed by atoms with Gasteiger partial charge < -0.3 is 0 Å². The number of thioether (sulfide) groups is 1. The van der Waals surface area contributed by atoms with E-state index >= 15 is 0 Å². The number of nitrogens with zero attached hydrogens (tertiary/aromatic N) is 2. The monoisotopic (exact) mass is 172 g/mol. The third-order valence-corrected chi connectivity index (χ3v) is 2.64. The van der Waals surface area contributed by atoms with Crippen LogP contribution in [0.25, 0.3) is 0 Å². The molecule has 54 valence electrons. The van der Waals surface area contributed by atoms with E-state index < -0.39 is 0 Å². The first-order chi connectivity index (χ1) is 4.66. The highest BCUT2D eigenvalue weighted by Crippen LogP contribution is 2.25.